The monoisotopic (exact) mass is 289 g/mol. The minimum Gasteiger partial charge on any atom is -0.431 e. The van der Waals surface area contributed by atoms with Gasteiger partial charge in [-0.3, -0.25) is 0 Å². The van der Waals surface area contributed by atoms with Gasteiger partial charge in [0.15, 0.2) is 0 Å². The number of rotatable bonds is 3. The Morgan fingerprint density at radius 2 is 1.85 bits per heavy atom. The molecular formula is C15H19N3OS. The summed E-state index contributed by atoms with van der Waals surface area (Å²) in [6, 6.07) is 8.27. The van der Waals surface area contributed by atoms with E-state index in [0.29, 0.717) is 0 Å². The highest BCUT2D eigenvalue weighted by Crippen LogP contribution is 2.29. The summed E-state index contributed by atoms with van der Waals surface area (Å²) < 4.78 is 5.80. The van der Waals surface area contributed by atoms with Crippen molar-refractivity contribution in [3.8, 4) is 10.9 Å². The van der Waals surface area contributed by atoms with Crippen LogP contribution in [-0.2, 0) is 0 Å². The lowest BCUT2D eigenvalue weighted by Gasteiger charge is -2.29. The van der Waals surface area contributed by atoms with Crippen LogP contribution in [-0.4, -0.2) is 31.2 Å². The van der Waals surface area contributed by atoms with Gasteiger partial charge in [0.05, 0.1) is 5.69 Å². The summed E-state index contributed by atoms with van der Waals surface area (Å²) in [5.41, 5.74) is 2.30. The first-order chi connectivity index (χ1) is 9.72. The highest BCUT2D eigenvalue weighted by Gasteiger charge is 2.11. The van der Waals surface area contributed by atoms with Crippen molar-refractivity contribution in [2.24, 2.45) is 0 Å². The molecule has 2 aromatic rings. The predicted molar refractivity (Wildman–Crippen MR) is 83.2 cm³/mol. The fraction of sp³-hybridized carbons (Fsp3) is 0.400. The second kappa shape index (κ2) is 5.81. The van der Waals surface area contributed by atoms with Gasteiger partial charge in [0, 0.05) is 36.7 Å². The average Bonchev–Trinajstić information content (AvgIpc) is 2.79. The molecule has 0 amide bonds. The quantitative estimate of drug-likeness (QED) is 0.942. The van der Waals surface area contributed by atoms with E-state index < -0.39 is 0 Å². The fourth-order valence-corrected chi connectivity index (χ4v) is 3.01. The Labute approximate surface area is 123 Å². The van der Waals surface area contributed by atoms with Gasteiger partial charge >= 0.3 is 0 Å². The van der Waals surface area contributed by atoms with Crippen LogP contribution in [0, 0.1) is 13.8 Å². The van der Waals surface area contributed by atoms with E-state index in [1.807, 2.05) is 19.1 Å². The normalized spacial score (nSPS) is 15.4. The van der Waals surface area contributed by atoms with Gasteiger partial charge in [-0.1, -0.05) is 11.3 Å². The summed E-state index contributed by atoms with van der Waals surface area (Å²) in [5.74, 6) is 0.845. The Balaban J connectivity index is 1.69. The molecule has 0 bridgehead atoms. The highest BCUT2D eigenvalue weighted by atomic mass is 32.1. The minimum atomic E-state index is 0.718. The molecule has 1 aliphatic rings. The van der Waals surface area contributed by atoms with E-state index in [4.69, 9.17) is 4.74 Å². The number of aromatic nitrogens is 1. The first-order valence-corrected chi connectivity index (χ1v) is 7.71. The number of nitrogens with zero attached hydrogens (tertiary/aromatic N) is 2. The average molecular weight is 289 g/mol. The van der Waals surface area contributed by atoms with Crippen molar-refractivity contribution < 1.29 is 4.74 Å². The zero-order chi connectivity index (χ0) is 13.9. The molecule has 1 aromatic heterocycles. The van der Waals surface area contributed by atoms with E-state index in [1.165, 1.54) is 10.6 Å². The third-order valence-electron chi connectivity index (χ3n) is 3.53. The van der Waals surface area contributed by atoms with Crippen molar-refractivity contribution in [1.82, 2.24) is 10.3 Å². The van der Waals surface area contributed by atoms with Gasteiger partial charge in [0.25, 0.3) is 5.19 Å². The van der Waals surface area contributed by atoms with Gasteiger partial charge < -0.3 is 15.0 Å². The summed E-state index contributed by atoms with van der Waals surface area (Å²) in [6.07, 6.45) is 0. The molecule has 1 N–H and O–H groups in total. The second-order valence-corrected chi connectivity index (χ2v) is 6.12. The van der Waals surface area contributed by atoms with E-state index in [1.54, 1.807) is 11.3 Å². The number of aryl methyl sites for hydroxylation is 2. The zero-order valence-electron chi connectivity index (χ0n) is 11.8. The number of benzene rings is 1. The van der Waals surface area contributed by atoms with E-state index in [0.717, 1.165) is 42.8 Å². The van der Waals surface area contributed by atoms with Gasteiger partial charge in [-0.25, -0.2) is 4.98 Å². The van der Waals surface area contributed by atoms with Crippen LogP contribution in [0.5, 0.6) is 10.9 Å². The molecule has 2 heterocycles. The van der Waals surface area contributed by atoms with Crippen molar-refractivity contribution in [1.29, 1.82) is 0 Å². The van der Waals surface area contributed by atoms with E-state index in [9.17, 15) is 0 Å². The third-order valence-corrected chi connectivity index (χ3v) is 4.48. The Morgan fingerprint density at radius 3 is 2.45 bits per heavy atom. The number of thiazole rings is 1. The number of anilines is 1. The predicted octanol–water partition coefficient (Wildman–Crippen LogP) is 2.96. The van der Waals surface area contributed by atoms with Crippen molar-refractivity contribution >= 4 is 17.0 Å². The smallest absolute Gasteiger partial charge is 0.279 e. The number of nitrogens with one attached hydrogen (secondary N) is 1. The van der Waals surface area contributed by atoms with Crippen molar-refractivity contribution in [2.75, 3.05) is 31.1 Å². The van der Waals surface area contributed by atoms with Gasteiger partial charge in [-0.2, -0.15) is 0 Å². The Hall–Kier alpha value is -1.59. The topological polar surface area (TPSA) is 37.4 Å². The molecule has 0 atom stereocenters. The summed E-state index contributed by atoms with van der Waals surface area (Å²) in [4.78, 5) is 7.99. The van der Waals surface area contributed by atoms with E-state index in [-0.39, 0.29) is 0 Å². The highest BCUT2D eigenvalue weighted by molar-refractivity contribution is 7.13. The van der Waals surface area contributed by atoms with Crippen molar-refractivity contribution in [3.05, 3.63) is 34.8 Å². The fourth-order valence-electron chi connectivity index (χ4n) is 2.24. The summed E-state index contributed by atoms with van der Waals surface area (Å²) in [5, 5.41) is 4.08. The first kappa shape index (κ1) is 13.4. The molecule has 0 spiro atoms. The molecule has 1 saturated heterocycles. The molecule has 0 aliphatic carbocycles. The Kier molecular flexibility index (Phi) is 3.89. The molecule has 0 radical (unpaired) electrons. The van der Waals surface area contributed by atoms with Crippen molar-refractivity contribution in [3.63, 3.8) is 0 Å². The maximum atomic E-state index is 5.80. The van der Waals surface area contributed by atoms with Gasteiger partial charge in [0.1, 0.15) is 5.75 Å². The van der Waals surface area contributed by atoms with Crippen LogP contribution in [0.15, 0.2) is 24.3 Å². The SMILES string of the molecule is Cc1nc(Oc2ccc(N3CCNCC3)cc2)sc1C. The van der Waals surface area contributed by atoms with Crippen LogP contribution in [0.4, 0.5) is 5.69 Å². The standard InChI is InChI=1S/C15H19N3OS/c1-11-12(2)20-15(17-11)19-14-5-3-13(4-6-14)18-9-7-16-8-10-18/h3-6,16H,7-10H2,1-2H3. The third kappa shape index (κ3) is 2.94. The number of hydrogen-bond acceptors (Lipinski definition) is 5. The molecule has 5 heteroatoms. The molecule has 4 nitrogen and oxygen atoms in total. The Morgan fingerprint density at radius 1 is 1.15 bits per heavy atom. The zero-order valence-corrected chi connectivity index (χ0v) is 12.7. The Bertz CT molecular complexity index is 554. The van der Waals surface area contributed by atoms with Crippen LogP contribution < -0.4 is 15.0 Å². The molecule has 106 valence electrons. The molecule has 1 aromatic carbocycles. The molecule has 3 rings (SSSR count). The van der Waals surface area contributed by atoms with Gasteiger partial charge in [-0.05, 0) is 38.1 Å². The number of hydrogen-bond donors (Lipinski definition) is 1. The van der Waals surface area contributed by atoms with Crippen molar-refractivity contribution in [2.45, 2.75) is 13.8 Å². The molecular weight excluding hydrogens is 270 g/mol. The molecule has 20 heavy (non-hydrogen) atoms. The summed E-state index contributed by atoms with van der Waals surface area (Å²) in [7, 11) is 0. The molecule has 0 saturated carbocycles. The van der Waals surface area contributed by atoms with E-state index >= 15 is 0 Å². The van der Waals surface area contributed by atoms with E-state index in [2.05, 4.69) is 34.3 Å². The van der Waals surface area contributed by atoms with Crippen LogP contribution in [0.3, 0.4) is 0 Å². The lowest BCUT2D eigenvalue weighted by Crippen LogP contribution is -2.43. The minimum absolute atomic E-state index is 0.718. The first-order valence-electron chi connectivity index (χ1n) is 6.90. The van der Waals surface area contributed by atoms with Gasteiger partial charge in [-0.15, -0.1) is 0 Å². The van der Waals surface area contributed by atoms with Crippen LogP contribution in [0.1, 0.15) is 10.6 Å². The maximum absolute atomic E-state index is 5.80. The molecule has 1 fully saturated rings. The lowest BCUT2D eigenvalue weighted by molar-refractivity contribution is 0.478. The number of piperazine rings is 1. The van der Waals surface area contributed by atoms with Crippen LogP contribution in [0.25, 0.3) is 0 Å². The maximum Gasteiger partial charge on any atom is 0.279 e. The summed E-state index contributed by atoms with van der Waals surface area (Å²) >= 11 is 1.59. The largest absolute Gasteiger partial charge is 0.431 e. The summed E-state index contributed by atoms with van der Waals surface area (Å²) in [6.45, 7) is 8.29. The second-order valence-electron chi connectivity index (χ2n) is 4.95. The number of ether oxygens (including phenoxy) is 1. The van der Waals surface area contributed by atoms with Gasteiger partial charge in [0.2, 0.25) is 0 Å². The lowest BCUT2D eigenvalue weighted by atomic mass is 10.2. The molecule has 1 aliphatic heterocycles. The molecule has 0 unspecified atom stereocenters. The van der Waals surface area contributed by atoms with Crippen LogP contribution >= 0.6 is 11.3 Å². The van der Waals surface area contributed by atoms with Crippen LogP contribution in [0.2, 0.25) is 0 Å².